The Morgan fingerprint density at radius 2 is 1.86 bits per heavy atom. The molecule has 1 amide bonds. The number of carbonyl (C=O) groups is 1. The second-order valence-corrected chi connectivity index (χ2v) is 6.88. The number of amides is 1. The third-order valence-electron chi connectivity index (χ3n) is 3.08. The minimum atomic E-state index is -0.143. The van der Waals surface area contributed by atoms with E-state index in [0.717, 1.165) is 15.1 Å². The number of methoxy groups -OCH3 is 2. The molecule has 0 radical (unpaired) electrons. The quantitative estimate of drug-likeness (QED) is 0.785. The zero-order valence-electron chi connectivity index (χ0n) is 12.3. The third-order valence-corrected chi connectivity index (χ3v) is 5.01. The number of fused-ring (bicyclic) bond motifs is 1. The van der Waals surface area contributed by atoms with Gasteiger partial charge in [0.15, 0.2) is 16.6 Å². The third kappa shape index (κ3) is 2.77. The highest BCUT2D eigenvalue weighted by molar-refractivity contribution is 7.22. The Labute approximate surface area is 135 Å². The molecule has 22 heavy (non-hydrogen) atoms. The molecule has 7 heteroatoms. The average Bonchev–Trinajstić information content (AvgIpc) is 3.10. The maximum absolute atomic E-state index is 12.2. The zero-order valence-corrected chi connectivity index (χ0v) is 13.9. The number of anilines is 1. The summed E-state index contributed by atoms with van der Waals surface area (Å²) in [5, 5.41) is 3.39. The molecule has 1 aromatic carbocycles. The Morgan fingerprint density at radius 3 is 2.50 bits per heavy atom. The summed E-state index contributed by atoms with van der Waals surface area (Å²) in [6, 6.07) is 7.40. The second-order valence-electron chi connectivity index (χ2n) is 4.56. The van der Waals surface area contributed by atoms with Crippen molar-refractivity contribution in [3.05, 3.63) is 34.0 Å². The van der Waals surface area contributed by atoms with E-state index in [1.807, 2.05) is 25.1 Å². The number of carbonyl (C=O) groups excluding carboxylic acids is 1. The molecule has 0 atom stereocenters. The summed E-state index contributed by atoms with van der Waals surface area (Å²) in [6.45, 7) is 1.97. The van der Waals surface area contributed by atoms with Gasteiger partial charge < -0.3 is 9.47 Å². The van der Waals surface area contributed by atoms with E-state index < -0.39 is 0 Å². The molecule has 0 unspecified atom stereocenters. The van der Waals surface area contributed by atoms with Crippen LogP contribution in [-0.2, 0) is 0 Å². The standard InChI is InChI=1S/C15H14N2O3S2/c1-8-4-5-12(21-8)14(18)17-15-16-9-6-10(19-2)11(20-3)7-13(9)22-15/h4-7H,1-3H3,(H,16,17,18). The monoisotopic (exact) mass is 334 g/mol. The lowest BCUT2D eigenvalue weighted by Gasteiger charge is -2.05. The molecular weight excluding hydrogens is 320 g/mol. The van der Waals surface area contributed by atoms with Crippen molar-refractivity contribution in [3.63, 3.8) is 0 Å². The van der Waals surface area contributed by atoms with Crippen LogP contribution in [0.2, 0.25) is 0 Å². The predicted molar refractivity (Wildman–Crippen MR) is 89.7 cm³/mol. The van der Waals surface area contributed by atoms with Gasteiger partial charge in [0.05, 0.1) is 29.3 Å². The molecule has 0 aliphatic carbocycles. The first-order chi connectivity index (χ1) is 10.6. The molecule has 3 aromatic rings. The molecule has 3 rings (SSSR count). The summed E-state index contributed by atoms with van der Waals surface area (Å²) in [5.74, 6) is 1.12. The van der Waals surface area contributed by atoms with E-state index in [9.17, 15) is 4.79 Å². The number of rotatable bonds is 4. The Kier molecular flexibility index (Phi) is 4.00. The summed E-state index contributed by atoms with van der Waals surface area (Å²) < 4.78 is 11.5. The van der Waals surface area contributed by atoms with Crippen LogP contribution in [0, 0.1) is 6.92 Å². The summed E-state index contributed by atoms with van der Waals surface area (Å²) in [4.78, 5) is 18.4. The van der Waals surface area contributed by atoms with Crippen LogP contribution >= 0.6 is 22.7 Å². The SMILES string of the molecule is COc1cc2nc(NC(=O)c3ccc(C)s3)sc2cc1OC. The summed E-state index contributed by atoms with van der Waals surface area (Å²) in [6.07, 6.45) is 0. The van der Waals surface area contributed by atoms with Gasteiger partial charge in [-0.3, -0.25) is 10.1 Å². The maximum Gasteiger partial charge on any atom is 0.267 e. The van der Waals surface area contributed by atoms with Gasteiger partial charge in [0, 0.05) is 17.0 Å². The molecule has 5 nitrogen and oxygen atoms in total. The van der Waals surface area contributed by atoms with E-state index in [0.29, 0.717) is 21.5 Å². The highest BCUT2D eigenvalue weighted by Gasteiger charge is 2.14. The fourth-order valence-electron chi connectivity index (χ4n) is 2.02. The van der Waals surface area contributed by atoms with Gasteiger partial charge in [-0.1, -0.05) is 11.3 Å². The summed E-state index contributed by atoms with van der Waals surface area (Å²) in [7, 11) is 3.17. The first-order valence-corrected chi connectivity index (χ1v) is 8.14. The first kappa shape index (κ1) is 14.8. The number of nitrogens with zero attached hydrogens (tertiary/aromatic N) is 1. The van der Waals surface area contributed by atoms with Crippen LogP contribution in [0.25, 0.3) is 10.2 Å². The zero-order chi connectivity index (χ0) is 15.7. The maximum atomic E-state index is 12.2. The van der Waals surface area contributed by atoms with E-state index in [1.165, 1.54) is 22.7 Å². The molecule has 0 aliphatic rings. The van der Waals surface area contributed by atoms with Gasteiger partial charge in [0.25, 0.3) is 5.91 Å². The fraction of sp³-hybridized carbons (Fsp3) is 0.200. The smallest absolute Gasteiger partial charge is 0.267 e. The number of thiophene rings is 1. The molecule has 114 valence electrons. The minimum absolute atomic E-state index is 0.143. The minimum Gasteiger partial charge on any atom is -0.493 e. The lowest BCUT2D eigenvalue weighted by Crippen LogP contribution is -2.09. The van der Waals surface area contributed by atoms with Crippen molar-refractivity contribution in [2.75, 3.05) is 19.5 Å². The van der Waals surface area contributed by atoms with Gasteiger partial charge in [-0.2, -0.15) is 0 Å². The van der Waals surface area contributed by atoms with Crippen molar-refractivity contribution in [2.24, 2.45) is 0 Å². The van der Waals surface area contributed by atoms with E-state index >= 15 is 0 Å². The normalized spacial score (nSPS) is 10.7. The number of thiazole rings is 1. The molecule has 0 bridgehead atoms. The van der Waals surface area contributed by atoms with Crippen LogP contribution < -0.4 is 14.8 Å². The Balaban J connectivity index is 1.90. The molecule has 0 aliphatic heterocycles. The average molecular weight is 334 g/mol. The van der Waals surface area contributed by atoms with E-state index in [4.69, 9.17) is 9.47 Å². The van der Waals surface area contributed by atoms with Gasteiger partial charge in [0.1, 0.15) is 0 Å². The number of benzene rings is 1. The number of hydrogen-bond donors (Lipinski definition) is 1. The molecular formula is C15H14N2O3S2. The van der Waals surface area contributed by atoms with Crippen LogP contribution in [0.15, 0.2) is 24.3 Å². The molecule has 2 aromatic heterocycles. The molecule has 0 saturated heterocycles. The molecule has 2 heterocycles. The van der Waals surface area contributed by atoms with E-state index in [1.54, 1.807) is 20.3 Å². The largest absolute Gasteiger partial charge is 0.493 e. The van der Waals surface area contributed by atoms with Gasteiger partial charge in [0.2, 0.25) is 0 Å². The van der Waals surface area contributed by atoms with Crippen LogP contribution in [0.1, 0.15) is 14.5 Å². The molecule has 1 N–H and O–H groups in total. The molecule has 0 spiro atoms. The van der Waals surface area contributed by atoms with Crippen molar-refractivity contribution >= 4 is 43.9 Å². The van der Waals surface area contributed by atoms with Gasteiger partial charge in [-0.05, 0) is 19.1 Å². The van der Waals surface area contributed by atoms with Crippen molar-refractivity contribution in [2.45, 2.75) is 6.92 Å². The lowest BCUT2D eigenvalue weighted by molar-refractivity contribution is 0.103. The number of hydrogen-bond acceptors (Lipinski definition) is 6. The van der Waals surface area contributed by atoms with Crippen molar-refractivity contribution in [1.29, 1.82) is 0 Å². The van der Waals surface area contributed by atoms with Crippen LogP contribution in [-0.4, -0.2) is 25.1 Å². The highest BCUT2D eigenvalue weighted by Crippen LogP contribution is 2.36. The van der Waals surface area contributed by atoms with Crippen molar-refractivity contribution in [3.8, 4) is 11.5 Å². The molecule has 0 saturated carbocycles. The second kappa shape index (κ2) is 5.94. The van der Waals surface area contributed by atoms with Crippen LogP contribution in [0.3, 0.4) is 0 Å². The van der Waals surface area contributed by atoms with Crippen LogP contribution in [0.5, 0.6) is 11.5 Å². The Hall–Kier alpha value is -2.12. The highest BCUT2D eigenvalue weighted by atomic mass is 32.1. The van der Waals surface area contributed by atoms with E-state index in [-0.39, 0.29) is 5.91 Å². The van der Waals surface area contributed by atoms with Gasteiger partial charge in [-0.15, -0.1) is 11.3 Å². The topological polar surface area (TPSA) is 60.5 Å². The molecule has 0 fully saturated rings. The number of nitrogens with one attached hydrogen (secondary N) is 1. The van der Waals surface area contributed by atoms with E-state index in [2.05, 4.69) is 10.3 Å². The summed E-state index contributed by atoms with van der Waals surface area (Å²) >= 11 is 2.86. The van der Waals surface area contributed by atoms with Crippen molar-refractivity contribution in [1.82, 2.24) is 4.98 Å². The van der Waals surface area contributed by atoms with Gasteiger partial charge in [-0.25, -0.2) is 4.98 Å². The Morgan fingerprint density at radius 1 is 1.14 bits per heavy atom. The number of aryl methyl sites for hydroxylation is 1. The fourth-order valence-corrected chi connectivity index (χ4v) is 3.66. The first-order valence-electron chi connectivity index (χ1n) is 6.51. The Bertz CT molecular complexity index is 798. The number of aromatic nitrogens is 1. The van der Waals surface area contributed by atoms with Gasteiger partial charge >= 0.3 is 0 Å². The number of ether oxygens (including phenoxy) is 2. The predicted octanol–water partition coefficient (Wildman–Crippen LogP) is 3.94. The lowest BCUT2D eigenvalue weighted by atomic mass is 10.3. The van der Waals surface area contributed by atoms with Crippen molar-refractivity contribution < 1.29 is 14.3 Å². The van der Waals surface area contributed by atoms with Crippen LogP contribution in [0.4, 0.5) is 5.13 Å². The summed E-state index contributed by atoms with van der Waals surface area (Å²) in [5.41, 5.74) is 0.764.